The lowest BCUT2D eigenvalue weighted by molar-refractivity contribution is 1.30. The van der Waals surface area contributed by atoms with E-state index in [9.17, 15) is 0 Å². The van der Waals surface area contributed by atoms with Gasteiger partial charge in [0, 0.05) is 42.4 Å². The summed E-state index contributed by atoms with van der Waals surface area (Å²) in [6.45, 7) is 0. The minimum atomic E-state index is 1.11. The average Bonchev–Trinajstić information content (AvgIpc) is 3.69. The Hall–Kier alpha value is -7.26. The van der Waals surface area contributed by atoms with Crippen LogP contribution >= 0.6 is 11.3 Å². The van der Waals surface area contributed by atoms with Crippen LogP contribution in [-0.2, 0) is 0 Å². The predicted octanol–water partition coefficient (Wildman–Crippen LogP) is 16.5. The predicted molar refractivity (Wildman–Crippen MR) is 251 cm³/mol. The highest BCUT2D eigenvalue weighted by molar-refractivity contribution is 7.26. The summed E-state index contributed by atoms with van der Waals surface area (Å²) in [5.41, 5.74) is 13.1. The number of nitrogens with zero attached hydrogens (tertiary/aromatic N) is 1. The first-order valence-corrected chi connectivity index (χ1v) is 20.7. The average molecular weight is 756 g/mol. The molecule has 11 rings (SSSR count). The van der Waals surface area contributed by atoms with Crippen LogP contribution in [0.4, 0.5) is 17.1 Å². The van der Waals surface area contributed by atoms with E-state index < -0.39 is 0 Å². The minimum Gasteiger partial charge on any atom is -0.309 e. The molecule has 0 aliphatic rings. The Balaban J connectivity index is 1.03. The van der Waals surface area contributed by atoms with Gasteiger partial charge in [-0.1, -0.05) is 194 Å². The van der Waals surface area contributed by atoms with Crippen LogP contribution in [0.3, 0.4) is 0 Å². The zero-order valence-corrected chi connectivity index (χ0v) is 32.5. The van der Waals surface area contributed by atoms with Crippen LogP contribution in [0.2, 0.25) is 0 Å². The second-order valence-corrected chi connectivity index (χ2v) is 15.9. The number of thiophene rings is 1. The van der Waals surface area contributed by atoms with Gasteiger partial charge in [-0.25, -0.2) is 0 Å². The summed E-state index contributed by atoms with van der Waals surface area (Å²) >= 11 is 1.88. The van der Waals surface area contributed by atoms with Crippen molar-refractivity contribution in [2.45, 2.75) is 0 Å². The van der Waals surface area contributed by atoms with Crippen molar-refractivity contribution in [1.82, 2.24) is 0 Å². The fraction of sp³-hybridized carbons (Fsp3) is 0. The molecule has 0 aliphatic heterocycles. The Morgan fingerprint density at radius 3 is 1.47 bits per heavy atom. The van der Waals surface area contributed by atoms with Crippen LogP contribution in [0.25, 0.3) is 86.2 Å². The summed E-state index contributed by atoms with van der Waals surface area (Å²) in [5, 5.41) is 7.55. The molecule has 2 heteroatoms. The molecule has 0 saturated carbocycles. The third-order valence-corrected chi connectivity index (χ3v) is 12.7. The van der Waals surface area contributed by atoms with E-state index in [2.05, 4.69) is 229 Å². The van der Waals surface area contributed by atoms with Gasteiger partial charge in [0.05, 0.1) is 11.4 Å². The Bertz CT molecular complexity index is 3250. The van der Waals surface area contributed by atoms with Gasteiger partial charge in [0.25, 0.3) is 0 Å². The molecule has 0 unspecified atom stereocenters. The summed E-state index contributed by atoms with van der Waals surface area (Å²) in [6, 6.07) is 81.9. The summed E-state index contributed by atoms with van der Waals surface area (Å²) < 4.78 is 2.62. The molecule has 272 valence electrons. The number of para-hydroxylation sites is 1. The molecule has 0 saturated heterocycles. The number of fused-ring (bicyclic) bond motifs is 6. The highest BCUT2D eigenvalue weighted by Gasteiger charge is 2.22. The van der Waals surface area contributed by atoms with Crippen LogP contribution in [0, 0.1) is 0 Å². The Labute approximate surface area is 342 Å². The van der Waals surface area contributed by atoms with E-state index in [4.69, 9.17) is 0 Å². The molecule has 1 heterocycles. The van der Waals surface area contributed by atoms with Crippen LogP contribution < -0.4 is 4.90 Å². The van der Waals surface area contributed by atoms with Crippen molar-refractivity contribution in [3.63, 3.8) is 0 Å². The number of anilines is 3. The third-order valence-electron chi connectivity index (χ3n) is 11.5. The normalized spacial score (nSPS) is 11.4. The van der Waals surface area contributed by atoms with Crippen LogP contribution in [0.15, 0.2) is 224 Å². The van der Waals surface area contributed by atoms with Gasteiger partial charge >= 0.3 is 0 Å². The molecule has 11 aromatic rings. The van der Waals surface area contributed by atoms with E-state index in [0.717, 1.165) is 17.1 Å². The van der Waals surface area contributed by atoms with E-state index >= 15 is 0 Å². The third kappa shape index (κ3) is 5.94. The summed E-state index contributed by atoms with van der Waals surface area (Å²) in [5.74, 6) is 0. The van der Waals surface area contributed by atoms with Crippen LogP contribution in [0.1, 0.15) is 0 Å². The summed E-state index contributed by atoms with van der Waals surface area (Å²) in [4.78, 5) is 2.47. The molecule has 0 atom stereocenters. The molecule has 0 spiro atoms. The van der Waals surface area contributed by atoms with Crippen molar-refractivity contribution < 1.29 is 0 Å². The molecular formula is C56H37NS. The van der Waals surface area contributed by atoms with Crippen molar-refractivity contribution in [2.24, 2.45) is 0 Å². The van der Waals surface area contributed by atoms with Gasteiger partial charge in [-0.2, -0.15) is 0 Å². The topological polar surface area (TPSA) is 3.24 Å². The molecule has 58 heavy (non-hydrogen) atoms. The number of hydrogen-bond donors (Lipinski definition) is 0. The lowest BCUT2D eigenvalue weighted by Crippen LogP contribution is -2.12. The molecular weight excluding hydrogens is 719 g/mol. The zero-order chi connectivity index (χ0) is 38.4. The first-order valence-electron chi connectivity index (χ1n) is 19.8. The molecule has 0 fully saturated rings. The van der Waals surface area contributed by atoms with Crippen molar-refractivity contribution in [2.75, 3.05) is 4.90 Å². The molecule has 0 aliphatic carbocycles. The molecule has 0 radical (unpaired) electrons. The second kappa shape index (κ2) is 14.4. The molecule has 1 nitrogen and oxygen atoms in total. The van der Waals surface area contributed by atoms with Gasteiger partial charge in [-0.3, -0.25) is 0 Å². The maximum Gasteiger partial charge on any atom is 0.0546 e. The largest absolute Gasteiger partial charge is 0.309 e. The Morgan fingerprint density at radius 1 is 0.293 bits per heavy atom. The molecule has 1 aromatic heterocycles. The first-order chi connectivity index (χ1) is 28.8. The first kappa shape index (κ1) is 34.0. The van der Waals surface area contributed by atoms with Crippen molar-refractivity contribution in [1.29, 1.82) is 0 Å². The van der Waals surface area contributed by atoms with Gasteiger partial charge in [-0.15, -0.1) is 11.3 Å². The van der Waals surface area contributed by atoms with E-state index in [-0.39, 0.29) is 0 Å². The second-order valence-electron chi connectivity index (χ2n) is 14.9. The minimum absolute atomic E-state index is 1.11. The fourth-order valence-electron chi connectivity index (χ4n) is 8.63. The molecule has 10 aromatic carbocycles. The molecule has 0 N–H and O–H groups in total. The molecule has 0 amide bonds. The van der Waals surface area contributed by atoms with Gasteiger partial charge in [0.2, 0.25) is 0 Å². The highest BCUT2D eigenvalue weighted by atomic mass is 32.1. The zero-order valence-electron chi connectivity index (χ0n) is 31.7. The number of benzene rings is 10. The smallest absolute Gasteiger partial charge is 0.0546 e. The van der Waals surface area contributed by atoms with Crippen molar-refractivity contribution >= 4 is 70.1 Å². The van der Waals surface area contributed by atoms with Crippen LogP contribution in [-0.4, -0.2) is 0 Å². The maximum absolute atomic E-state index is 2.47. The number of hydrogen-bond acceptors (Lipinski definition) is 2. The van der Waals surface area contributed by atoms with Crippen molar-refractivity contribution in [3.05, 3.63) is 224 Å². The lowest BCUT2D eigenvalue weighted by atomic mass is 9.96. The standard InChI is InChI=1S/C56H37NS/c1-2-13-38(14-3-1)39-25-27-40(28-26-39)41-29-31-42(32-30-41)43-33-35-45(36-34-43)57(54-37-44-15-4-5-16-46(44)47-17-6-7-18-48(47)54)53-23-10-8-19-49(53)51-21-12-22-52-50-20-9-11-24-55(50)58-56(51)52/h1-37H. The van der Waals surface area contributed by atoms with E-state index in [1.807, 2.05) is 11.3 Å². The maximum atomic E-state index is 2.47. The number of rotatable bonds is 7. The SMILES string of the molecule is c1ccc(-c2ccc(-c3ccc(-c4ccc(N(c5ccccc5-c5cccc6c5sc5ccccc56)c5cc6ccccc6c6ccccc56)cc4)cc3)cc2)cc1. The summed E-state index contributed by atoms with van der Waals surface area (Å²) in [6.07, 6.45) is 0. The Kier molecular flexibility index (Phi) is 8.42. The van der Waals surface area contributed by atoms with E-state index in [1.54, 1.807) is 0 Å². The lowest BCUT2D eigenvalue weighted by Gasteiger charge is -2.30. The van der Waals surface area contributed by atoms with Gasteiger partial charge in [0.15, 0.2) is 0 Å². The highest BCUT2D eigenvalue weighted by Crippen LogP contribution is 2.48. The van der Waals surface area contributed by atoms with Gasteiger partial charge in [-0.05, 0) is 79.9 Å². The fourth-order valence-corrected chi connectivity index (χ4v) is 9.86. The van der Waals surface area contributed by atoms with E-state index in [0.29, 0.717) is 0 Å². The van der Waals surface area contributed by atoms with Gasteiger partial charge in [0.1, 0.15) is 0 Å². The van der Waals surface area contributed by atoms with E-state index in [1.165, 1.54) is 86.2 Å². The molecule has 0 bridgehead atoms. The van der Waals surface area contributed by atoms with Gasteiger partial charge < -0.3 is 4.90 Å². The van der Waals surface area contributed by atoms with Crippen molar-refractivity contribution in [3.8, 4) is 44.5 Å². The summed E-state index contributed by atoms with van der Waals surface area (Å²) in [7, 11) is 0. The quantitative estimate of drug-likeness (QED) is 0.146. The van der Waals surface area contributed by atoms with Crippen LogP contribution in [0.5, 0.6) is 0 Å². The monoisotopic (exact) mass is 755 g/mol. The Morgan fingerprint density at radius 2 is 0.776 bits per heavy atom.